The van der Waals surface area contributed by atoms with Gasteiger partial charge in [0.1, 0.15) is 13.2 Å². The topological polar surface area (TPSA) is 78.9 Å². The summed E-state index contributed by atoms with van der Waals surface area (Å²) >= 11 is 0. The van der Waals surface area contributed by atoms with Crippen LogP contribution >= 0.6 is 0 Å². The first-order valence-corrected chi connectivity index (χ1v) is 29.7. The Kier molecular flexibility index (Phi) is 51.5. The first-order valence-electron chi connectivity index (χ1n) is 29.7. The number of ether oxygens (including phenoxy) is 3. The first-order chi connectivity index (χ1) is 32.2. The van der Waals surface area contributed by atoms with E-state index in [2.05, 4.69) is 34.6 Å². The summed E-state index contributed by atoms with van der Waals surface area (Å²) in [5.41, 5.74) is 0. The van der Waals surface area contributed by atoms with E-state index in [0.717, 1.165) is 69.6 Å². The third kappa shape index (κ3) is 53.4. The van der Waals surface area contributed by atoms with Gasteiger partial charge in [-0.05, 0) is 31.1 Å². The van der Waals surface area contributed by atoms with Gasteiger partial charge in [-0.15, -0.1) is 0 Å². The van der Waals surface area contributed by atoms with Crippen molar-refractivity contribution in [1.29, 1.82) is 0 Å². The van der Waals surface area contributed by atoms with E-state index in [1.165, 1.54) is 225 Å². The number of carbonyl (C=O) groups excluding carboxylic acids is 3. The van der Waals surface area contributed by atoms with Crippen molar-refractivity contribution in [3.8, 4) is 0 Å². The molecular weight excluding hydrogens is 817 g/mol. The van der Waals surface area contributed by atoms with Crippen LogP contribution in [0.4, 0.5) is 0 Å². The number of hydrogen-bond donors (Lipinski definition) is 0. The van der Waals surface area contributed by atoms with Crippen LogP contribution in [-0.2, 0) is 28.6 Å². The summed E-state index contributed by atoms with van der Waals surface area (Å²) in [5, 5.41) is 0. The molecule has 0 N–H and O–H groups in total. The molecule has 0 unspecified atom stereocenters. The Hall–Kier alpha value is -1.59. The van der Waals surface area contributed by atoms with Gasteiger partial charge in [0.15, 0.2) is 6.10 Å². The highest BCUT2D eigenvalue weighted by molar-refractivity contribution is 5.71. The van der Waals surface area contributed by atoms with Gasteiger partial charge >= 0.3 is 17.9 Å². The summed E-state index contributed by atoms with van der Waals surface area (Å²) in [6.07, 6.45) is 56.7. The highest BCUT2D eigenvalue weighted by Gasteiger charge is 2.19. The normalized spacial score (nSPS) is 12.0. The quantitative estimate of drug-likeness (QED) is 0.0343. The van der Waals surface area contributed by atoms with Gasteiger partial charge in [0.2, 0.25) is 0 Å². The maximum atomic E-state index is 12.9. The third-order valence-corrected chi connectivity index (χ3v) is 13.7. The van der Waals surface area contributed by atoms with Crippen LogP contribution < -0.4 is 0 Å². The zero-order valence-corrected chi connectivity index (χ0v) is 45.3. The van der Waals surface area contributed by atoms with Gasteiger partial charge < -0.3 is 14.2 Å². The predicted octanol–water partition coefficient (Wildman–Crippen LogP) is 19.7. The monoisotopic (exact) mass is 933 g/mol. The molecule has 66 heavy (non-hydrogen) atoms. The average molecular weight is 934 g/mol. The lowest BCUT2D eigenvalue weighted by Gasteiger charge is -2.18. The lowest BCUT2D eigenvalue weighted by molar-refractivity contribution is -0.167. The van der Waals surface area contributed by atoms with Crippen molar-refractivity contribution in [2.75, 3.05) is 13.2 Å². The van der Waals surface area contributed by atoms with Gasteiger partial charge in [0, 0.05) is 19.3 Å². The van der Waals surface area contributed by atoms with E-state index in [1.807, 2.05) is 0 Å². The Balaban J connectivity index is 4.27. The molecule has 0 fully saturated rings. The summed E-state index contributed by atoms with van der Waals surface area (Å²) < 4.78 is 16.9. The average Bonchev–Trinajstić information content (AvgIpc) is 3.29. The number of esters is 3. The Morgan fingerprint density at radius 2 is 0.500 bits per heavy atom. The number of carbonyl (C=O) groups is 3. The molecule has 0 spiro atoms. The van der Waals surface area contributed by atoms with E-state index in [-0.39, 0.29) is 31.1 Å². The standard InChI is InChI=1S/C60H116O6/c1-6-7-8-9-10-11-12-13-14-18-22-25-32-37-42-47-52-60(63)66-57(54-65-59(62)51-46-41-36-31-27-26-29-34-39-44-49-56(4)5)53-64-58(61)50-45-40-35-30-24-21-19-16-15-17-20-23-28-33-38-43-48-55(2)3/h55-57H,6-54H2,1-5H3/t57-/m1/s1. The van der Waals surface area contributed by atoms with E-state index < -0.39 is 6.10 Å². The molecule has 0 heterocycles. The molecule has 0 saturated carbocycles. The highest BCUT2D eigenvalue weighted by atomic mass is 16.6. The molecule has 392 valence electrons. The zero-order valence-electron chi connectivity index (χ0n) is 45.3. The second kappa shape index (κ2) is 52.8. The minimum atomic E-state index is -0.763. The fourth-order valence-corrected chi connectivity index (χ4v) is 9.23. The zero-order chi connectivity index (χ0) is 48.2. The van der Waals surface area contributed by atoms with Crippen molar-refractivity contribution < 1.29 is 28.6 Å². The smallest absolute Gasteiger partial charge is 0.306 e. The van der Waals surface area contributed by atoms with Crippen molar-refractivity contribution in [2.45, 2.75) is 343 Å². The molecule has 1 atom stereocenters. The van der Waals surface area contributed by atoms with Crippen molar-refractivity contribution in [1.82, 2.24) is 0 Å². The molecule has 0 saturated heterocycles. The summed E-state index contributed by atoms with van der Waals surface area (Å²) in [7, 11) is 0. The lowest BCUT2D eigenvalue weighted by Crippen LogP contribution is -2.30. The molecule has 6 nitrogen and oxygen atoms in total. The predicted molar refractivity (Wildman–Crippen MR) is 284 cm³/mol. The number of hydrogen-bond acceptors (Lipinski definition) is 6. The maximum Gasteiger partial charge on any atom is 0.306 e. The van der Waals surface area contributed by atoms with Crippen LogP contribution in [0.2, 0.25) is 0 Å². The lowest BCUT2D eigenvalue weighted by atomic mass is 10.0. The van der Waals surface area contributed by atoms with E-state index in [4.69, 9.17) is 14.2 Å². The highest BCUT2D eigenvalue weighted by Crippen LogP contribution is 2.18. The fraction of sp³-hybridized carbons (Fsp3) is 0.950. The van der Waals surface area contributed by atoms with Gasteiger partial charge in [0.05, 0.1) is 0 Å². The third-order valence-electron chi connectivity index (χ3n) is 13.7. The molecule has 0 rings (SSSR count). The summed E-state index contributed by atoms with van der Waals surface area (Å²) in [6, 6.07) is 0. The summed E-state index contributed by atoms with van der Waals surface area (Å²) in [6.45, 7) is 11.4. The largest absolute Gasteiger partial charge is 0.462 e. The van der Waals surface area contributed by atoms with Crippen LogP contribution in [0.5, 0.6) is 0 Å². The Morgan fingerprint density at radius 1 is 0.288 bits per heavy atom. The van der Waals surface area contributed by atoms with E-state index in [1.54, 1.807) is 0 Å². The molecule has 0 aromatic heterocycles. The second-order valence-corrected chi connectivity index (χ2v) is 21.6. The van der Waals surface area contributed by atoms with Crippen molar-refractivity contribution in [3.63, 3.8) is 0 Å². The van der Waals surface area contributed by atoms with Gasteiger partial charge in [-0.3, -0.25) is 14.4 Å². The molecule has 0 amide bonds. The molecular formula is C60H116O6. The fourth-order valence-electron chi connectivity index (χ4n) is 9.23. The molecule has 6 heteroatoms. The van der Waals surface area contributed by atoms with Gasteiger partial charge in [0.25, 0.3) is 0 Å². The summed E-state index contributed by atoms with van der Waals surface area (Å²) in [4.78, 5) is 38.2. The Morgan fingerprint density at radius 3 is 0.742 bits per heavy atom. The van der Waals surface area contributed by atoms with Crippen LogP contribution in [0, 0.1) is 11.8 Å². The molecule has 0 aliphatic rings. The van der Waals surface area contributed by atoms with Crippen LogP contribution in [-0.4, -0.2) is 37.2 Å². The van der Waals surface area contributed by atoms with Crippen LogP contribution in [0.25, 0.3) is 0 Å². The summed E-state index contributed by atoms with van der Waals surface area (Å²) in [5.74, 6) is 0.834. The molecule has 0 aromatic rings. The molecule has 0 aliphatic carbocycles. The number of rotatable bonds is 54. The Bertz CT molecular complexity index is 1010. The van der Waals surface area contributed by atoms with Crippen molar-refractivity contribution >= 4 is 17.9 Å². The van der Waals surface area contributed by atoms with Crippen LogP contribution in [0.3, 0.4) is 0 Å². The Labute approximate surface area is 412 Å². The van der Waals surface area contributed by atoms with Crippen LogP contribution in [0.15, 0.2) is 0 Å². The van der Waals surface area contributed by atoms with E-state index in [0.29, 0.717) is 19.3 Å². The first kappa shape index (κ1) is 64.4. The van der Waals surface area contributed by atoms with E-state index >= 15 is 0 Å². The van der Waals surface area contributed by atoms with Gasteiger partial charge in [-0.25, -0.2) is 0 Å². The van der Waals surface area contributed by atoms with Gasteiger partial charge in [-0.2, -0.15) is 0 Å². The molecule has 0 aromatic carbocycles. The molecule has 0 aliphatic heterocycles. The van der Waals surface area contributed by atoms with Crippen LogP contribution in [0.1, 0.15) is 336 Å². The van der Waals surface area contributed by atoms with E-state index in [9.17, 15) is 14.4 Å². The molecule has 0 bridgehead atoms. The van der Waals surface area contributed by atoms with Crippen molar-refractivity contribution in [3.05, 3.63) is 0 Å². The minimum absolute atomic E-state index is 0.0625. The van der Waals surface area contributed by atoms with Gasteiger partial charge in [-0.1, -0.05) is 298 Å². The second-order valence-electron chi connectivity index (χ2n) is 21.6. The molecule has 0 radical (unpaired) electrons. The van der Waals surface area contributed by atoms with Crippen molar-refractivity contribution in [2.24, 2.45) is 11.8 Å². The minimum Gasteiger partial charge on any atom is -0.462 e. The maximum absolute atomic E-state index is 12.9. The SMILES string of the molecule is CCCCCCCCCCCCCCCCCCC(=O)O[C@H](COC(=O)CCCCCCCCCCCCCCCCCCC(C)C)COC(=O)CCCCCCCCCCCCC(C)C. The number of unbranched alkanes of at least 4 members (excludes halogenated alkanes) is 39.